The Bertz CT molecular complexity index is 949. The van der Waals surface area contributed by atoms with Crippen LogP contribution in [0.15, 0.2) is 39.9 Å². The van der Waals surface area contributed by atoms with Gasteiger partial charge in [0.05, 0.1) is 5.92 Å². The molecule has 1 saturated heterocycles. The van der Waals surface area contributed by atoms with Crippen molar-refractivity contribution in [2.45, 2.75) is 19.4 Å². The van der Waals surface area contributed by atoms with Crippen LogP contribution in [0.3, 0.4) is 0 Å². The highest BCUT2D eigenvalue weighted by Gasteiger charge is 2.27. The normalized spacial score (nSPS) is 17.0. The molecule has 1 fully saturated rings. The number of amides is 1. The van der Waals surface area contributed by atoms with Crippen molar-refractivity contribution in [1.29, 1.82) is 0 Å². The summed E-state index contributed by atoms with van der Waals surface area (Å²) < 4.78 is 15.4. The third-order valence-electron chi connectivity index (χ3n) is 5.00. The number of carbonyl (C=O) groups excluding carboxylic acids is 1. The summed E-state index contributed by atoms with van der Waals surface area (Å²) in [6, 6.07) is 7.43. The van der Waals surface area contributed by atoms with Gasteiger partial charge in [-0.05, 0) is 30.5 Å². The molecule has 0 radical (unpaired) electrons. The molecule has 8 heteroatoms. The van der Waals surface area contributed by atoms with Gasteiger partial charge in [-0.1, -0.05) is 12.1 Å². The molecule has 1 amide bonds. The predicted molar refractivity (Wildman–Crippen MR) is 100 cm³/mol. The van der Waals surface area contributed by atoms with Gasteiger partial charge in [-0.3, -0.25) is 18.7 Å². The van der Waals surface area contributed by atoms with E-state index in [0.717, 1.165) is 23.0 Å². The van der Waals surface area contributed by atoms with E-state index in [2.05, 4.69) is 5.32 Å². The molecule has 2 heterocycles. The molecule has 1 aromatic heterocycles. The zero-order valence-electron chi connectivity index (χ0n) is 15.4. The second-order valence-corrected chi connectivity index (χ2v) is 6.87. The number of benzene rings is 1. The van der Waals surface area contributed by atoms with Crippen molar-refractivity contribution in [3.05, 3.63) is 62.6 Å². The lowest BCUT2D eigenvalue weighted by Gasteiger charge is -2.34. The van der Waals surface area contributed by atoms with Crippen molar-refractivity contribution in [2.75, 3.05) is 18.0 Å². The van der Waals surface area contributed by atoms with Crippen molar-refractivity contribution in [1.82, 2.24) is 14.5 Å². The van der Waals surface area contributed by atoms with Crippen molar-refractivity contribution < 1.29 is 9.18 Å². The lowest BCUT2D eigenvalue weighted by molar-refractivity contribution is -0.125. The molecule has 1 N–H and O–H groups in total. The van der Waals surface area contributed by atoms with E-state index in [1.165, 1.54) is 29.8 Å². The molecule has 1 aliphatic heterocycles. The molecule has 144 valence electrons. The molecule has 1 atom stereocenters. The summed E-state index contributed by atoms with van der Waals surface area (Å²) in [5, 5.41) is 2.88. The number of rotatable bonds is 4. The van der Waals surface area contributed by atoms with Crippen LogP contribution in [-0.4, -0.2) is 28.1 Å². The number of carbonyl (C=O) groups is 1. The summed E-state index contributed by atoms with van der Waals surface area (Å²) in [5.74, 6) is -0.108. The highest BCUT2D eigenvalue weighted by molar-refractivity contribution is 5.79. The molecule has 7 nitrogen and oxygen atoms in total. The van der Waals surface area contributed by atoms with E-state index in [9.17, 15) is 18.8 Å². The first-order valence-electron chi connectivity index (χ1n) is 8.91. The van der Waals surface area contributed by atoms with Crippen LogP contribution in [0.2, 0.25) is 0 Å². The Morgan fingerprint density at radius 3 is 2.59 bits per heavy atom. The maximum absolute atomic E-state index is 13.0. The minimum atomic E-state index is -0.389. The fourth-order valence-corrected chi connectivity index (χ4v) is 3.36. The van der Waals surface area contributed by atoms with Gasteiger partial charge in [-0.25, -0.2) is 9.18 Å². The number of hydrogen-bond donors (Lipinski definition) is 1. The summed E-state index contributed by atoms with van der Waals surface area (Å²) >= 11 is 0. The highest BCUT2D eigenvalue weighted by atomic mass is 19.1. The van der Waals surface area contributed by atoms with Crippen molar-refractivity contribution in [3.8, 4) is 0 Å². The van der Waals surface area contributed by atoms with Crippen LogP contribution in [0.4, 0.5) is 10.2 Å². The first-order chi connectivity index (χ1) is 12.9. The number of piperidine rings is 1. The van der Waals surface area contributed by atoms with Gasteiger partial charge in [0.1, 0.15) is 11.6 Å². The van der Waals surface area contributed by atoms with Crippen molar-refractivity contribution >= 4 is 11.7 Å². The Kier molecular flexibility index (Phi) is 5.43. The van der Waals surface area contributed by atoms with Gasteiger partial charge in [0.25, 0.3) is 5.56 Å². The maximum atomic E-state index is 13.0. The average Bonchev–Trinajstić information content (AvgIpc) is 2.68. The van der Waals surface area contributed by atoms with E-state index in [1.807, 2.05) is 4.90 Å². The number of halogens is 1. The molecule has 0 bridgehead atoms. The summed E-state index contributed by atoms with van der Waals surface area (Å²) in [4.78, 5) is 38.6. The minimum Gasteiger partial charge on any atom is -0.357 e. The monoisotopic (exact) mass is 374 g/mol. The topological polar surface area (TPSA) is 76.3 Å². The predicted octanol–water partition coefficient (Wildman–Crippen LogP) is 0.756. The highest BCUT2D eigenvalue weighted by Crippen LogP contribution is 2.21. The van der Waals surface area contributed by atoms with Crippen LogP contribution in [0.5, 0.6) is 0 Å². The van der Waals surface area contributed by atoms with E-state index in [1.54, 1.807) is 19.2 Å². The second kappa shape index (κ2) is 7.77. The minimum absolute atomic E-state index is 0.0853. The number of anilines is 1. The van der Waals surface area contributed by atoms with Crippen LogP contribution in [-0.2, 0) is 25.4 Å². The van der Waals surface area contributed by atoms with Crippen LogP contribution in [0.1, 0.15) is 18.4 Å². The molecular weight excluding hydrogens is 351 g/mol. The van der Waals surface area contributed by atoms with Crippen LogP contribution in [0, 0.1) is 11.7 Å². The maximum Gasteiger partial charge on any atom is 0.332 e. The Morgan fingerprint density at radius 1 is 1.19 bits per heavy atom. The third kappa shape index (κ3) is 4.10. The van der Waals surface area contributed by atoms with Crippen molar-refractivity contribution in [3.63, 3.8) is 0 Å². The fraction of sp³-hybridized carbons (Fsp3) is 0.421. The SMILES string of the molecule is Cn1c(N2CCC[C@H](C(=O)NCc3ccc(F)cc3)C2)cc(=O)n(C)c1=O. The molecule has 3 rings (SSSR count). The Balaban J connectivity index is 1.69. The number of aromatic nitrogens is 2. The van der Waals surface area contributed by atoms with Gasteiger partial charge in [0, 0.05) is 39.8 Å². The molecule has 0 aliphatic carbocycles. The molecule has 0 spiro atoms. The lowest BCUT2D eigenvalue weighted by atomic mass is 9.97. The van der Waals surface area contributed by atoms with Gasteiger partial charge in [0.2, 0.25) is 5.91 Å². The van der Waals surface area contributed by atoms with Crippen molar-refractivity contribution in [2.24, 2.45) is 20.0 Å². The van der Waals surface area contributed by atoms with Gasteiger partial charge in [-0.2, -0.15) is 0 Å². The summed E-state index contributed by atoms with van der Waals surface area (Å²) in [6.45, 7) is 1.46. The molecular formula is C19H23FN4O3. The summed E-state index contributed by atoms with van der Waals surface area (Å²) in [5.41, 5.74) is 0.0720. The smallest absolute Gasteiger partial charge is 0.332 e. The number of nitrogens with zero attached hydrogens (tertiary/aromatic N) is 3. The average molecular weight is 374 g/mol. The molecule has 1 aliphatic rings. The first kappa shape index (κ1) is 18.9. The molecule has 0 unspecified atom stereocenters. The molecule has 1 aromatic carbocycles. The Hall–Kier alpha value is -2.90. The van der Waals surface area contributed by atoms with E-state index in [-0.39, 0.29) is 28.9 Å². The quantitative estimate of drug-likeness (QED) is 0.857. The van der Waals surface area contributed by atoms with Crippen LogP contribution in [0.25, 0.3) is 0 Å². The van der Waals surface area contributed by atoms with Crippen LogP contribution < -0.4 is 21.5 Å². The first-order valence-corrected chi connectivity index (χ1v) is 8.91. The van der Waals surface area contributed by atoms with E-state index >= 15 is 0 Å². The Labute approximate surface area is 156 Å². The second-order valence-electron chi connectivity index (χ2n) is 6.87. The number of nitrogens with one attached hydrogen (secondary N) is 1. The zero-order valence-corrected chi connectivity index (χ0v) is 15.4. The van der Waals surface area contributed by atoms with E-state index in [0.29, 0.717) is 25.5 Å². The standard InChI is InChI=1S/C19H23FN4O3/c1-22-16(10-17(25)23(2)19(22)27)24-9-3-4-14(12-24)18(26)21-11-13-5-7-15(20)8-6-13/h5-8,10,14H,3-4,9,11-12H2,1-2H3,(H,21,26)/t14-/m0/s1. The van der Waals surface area contributed by atoms with E-state index < -0.39 is 0 Å². The summed E-state index contributed by atoms with van der Waals surface area (Å²) in [6.07, 6.45) is 1.53. The zero-order chi connectivity index (χ0) is 19.6. The molecule has 2 aromatic rings. The van der Waals surface area contributed by atoms with Gasteiger partial charge < -0.3 is 10.2 Å². The molecule has 27 heavy (non-hydrogen) atoms. The Morgan fingerprint density at radius 2 is 1.89 bits per heavy atom. The third-order valence-corrected chi connectivity index (χ3v) is 5.00. The van der Waals surface area contributed by atoms with E-state index in [4.69, 9.17) is 0 Å². The summed E-state index contributed by atoms with van der Waals surface area (Å²) in [7, 11) is 3.06. The van der Waals surface area contributed by atoms with Crippen LogP contribution >= 0.6 is 0 Å². The largest absolute Gasteiger partial charge is 0.357 e. The van der Waals surface area contributed by atoms with Gasteiger partial charge >= 0.3 is 5.69 Å². The number of hydrogen-bond acceptors (Lipinski definition) is 4. The lowest BCUT2D eigenvalue weighted by Crippen LogP contribution is -2.46. The van der Waals surface area contributed by atoms with Gasteiger partial charge in [-0.15, -0.1) is 0 Å². The molecule has 0 saturated carbocycles. The fourth-order valence-electron chi connectivity index (χ4n) is 3.36. The van der Waals surface area contributed by atoms with Gasteiger partial charge in [0.15, 0.2) is 0 Å².